The summed E-state index contributed by atoms with van der Waals surface area (Å²) in [4.78, 5) is 43.8. The molecule has 10 nitrogen and oxygen atoms in total. The Kier molecular flexibility index (Phi) is 8.82. The van der Waals surface area contributed by atoms with Crippen molar-refractivity contribution < 1.29 is 19.5 Å². The van der Waals surface area contributed by atoms with Gasteiger partial charge in [-0.1, -0.05) is 52.0 Å². The first-order chi connectivity index (χ1) is 16.6. The highest BCUT2D eigenvalue weighted by Gasteiger charge is 2.45. The van der Waals surface area contributed by atoms with Crippen molar-refractivity contribution in [1.82, 2.24) is 20.5 Å². The third kappa shape index (κ3) is 7.48. The number of nitrogens with zero attached hydrogens (tertiary/aromatic N) is 2. The number of amides is 2. The average molecular weight is 487 g/mol. The summed E-state index contributed by atoms with van der Waals surface area (Å²) in [6.45, 7) is 4.46. The summed E-state index contributed by atoms with van der Waals surface area (Å²) in [6, 6.07) is 2.13. The number of hydrogen-bond donors (Lipinski definition) is 5. The number of carbonyl (C=O) groups excluding carboxylic acids is 2. The zero-order valence-corrected chi connectivity index (χ0v) is 20.7. The first-order valence-corrected chi connectivity index (χ1v) is 12.4. The monoisotopic (exact) mass is 486 g/mol. The first kappa shape index (κ1) is 26.6. The van der Waals surface area contributed by atoms with Crippen molar-refractivity contribution >= 4 is 23.6 Å². The number of hydrogen-bond acceptors (Lipinski definition) is 6. The molecule has 1 saturated carbocycles. The van der Waals surface area contributed by atoms with Gasteiger partial charge in [0.2, 0.25) is 11.8 Å². The van der Waals surface area contributed by atoms with Gasteiger partial charge in [0.1, 0.15) is 17.6 Å². The van der Waals surface area contributed by atoms with Crippen LogP contribution in [0.5, 0.6) is 0 Å². The predicted molar refractivity (Wildman–Crippen MR) is 132 cm³/mol. The Morgan fingerprint density at radius 3 is 2.57 bits per heavy atom. The van der Waals surface area contributed by atoms with E-state index < -0.39 is 18.1 Å². The fourth-order valence-corrected chi connectivity index (χ4v) is 5.17. The minimum absolute atomic E-state index is 0.123. The molecule has 2 amide bonds. The van der Waals surface area contributed by atoms with Crippen molar-refractivity contribution in [2.24, 2.45) is 17.1 Å². The van der Waals surface area contributed by atoms with Gasteiger partial charge in [0.15, 0.2) is 0 Å². The standard InChI is InChI=1S/C25H38N6O4/c1-25(2)11-20(23(34)30-13-17-8-9-18(22(26)27)28-12-17)31(15-25)24(35)19(29-14-21(32)33)10-16-6-4-3-5-7-16/h8-9,12,16,19-20,29H,3-7,10-11,13-15H2,1-2H3,(H3,26,27)(H,30,34)(H,32,33)/t19-,20+/m1/s1. The summed E-state index contributed by atoms with van der Waals surface area (Å²) < 4.78 is 0. The number of carbonyl (C=O) groups is 3. The van der Waals surface area contributed by atoms with Gasteiger partial charge in [-0.2, -0.15) is 0 Å². The molecular formula is C25H38N6O4. The molecule has 1 aromatic rings. The van der Waals surface area contributed by atoms with Gasteiger partial charge in [-0.05, 0) is 35.8 Å². The molecule has 10 heteroatoms. The Bertz CT molecular complexity index is 926. The van der Waals surface area contributed by atoms with Crippen LogP contribution in [-0.4, -0.2) is 63.8 Å². The Morgan fingerprint density at radius 1 is 1.26 bits per heavy atom. The molecular weight excluding hydrogens is 448 g/mol. The highest BCUT2D eigenvalue weighted by Crippen LogP contribution is 2.35. The average Bonchev–Trinajstić information content (AvgIpc) is 3.16. The molecule has 192 valence electrons. The Hall–Kier alpha value is -3.01. The van der Waals surface area contributed by atoms with E-state index in [-0.39, 0.29) is 36.2 Å². The second kappa shape index (κ2) is 11.6. The van der Waals surface area contributed by atoms with Crippen molar-refractivity contribution in [2.45, 2.75) is 77.4 Å². The summed E-state index contributed by atoms with van der Waals surface area (Å²) in [7, 11) is 0. The number of rotatable bonds is 10. The van der Waals surface area contributed by atoms with Gasteiger partial charge in [-0.3, -0.25) is 30.1 Å². The van der Waals surface area contributed by atoms with Crippen LogP contribution in [0.4, 0.5) is 0 Å². The maximum absolute atomic E-state index is 13.7. The molecule has 6 N–H and O–H groups in total. The van der Waals surface area contributed by atoms with E-state index in [0.717, 1.165) is 31.2 Å². The SMILES string of the molecule is CC1(C)C[C@@H](C(=O)NCc2ccc(C(=N)N)nc2)N(C(=O)[C@@H](CC2CCCCC2)NCC(=O)O)C1. The van der Waals surface area contributed by atoms with E-state index in [1.807, 2.05) is 13.8 Å². The smallest absolute Gasteiger partial charge is 0.317 e. The molecule has 0 radical (unpaired) electrons. The zero-order chi connectivity index (χ0) is 25.6. The Morgan fingerprint density at radius 2 is 1.97 bits per heavy atom. The van der Waals surface area contributed by atoms with Crippen LogP contribution in [0.1, 0.15) is 70.1 Å². The molecule has 0 bridgehead atoms. The number of nitrogen functional groups attached to an aromatic ring is 1. The molecule has 0 spiro atoms. The van der Waals surface area contributed by atoms with Gasteiger partial charge >= 0.3 is 5.97 Å². The number of aliphatic carboxylic acids is 1. The molecule has 1 aliphatic carbocycles. The van der Waals surface area contributed by atoms with Crippen LogP contribution >= 0.6 is 0 Å². The third-order valence-corrected chi connectivity index (χ3v) is 6.97. The number of nitrogens with two attached hydrogens (primary N) is 1. The van der Waals surface area contributed by atoms with Crippen LogP contribution in [0.3, 0.4) is 0 Å². The van der Waals surface area contributed by atoms with Crippen LogP contribution < -0.4 is 16.4 Å². The molecule has 1 aromatic heterocycles. The Labute approximate surface area is 206 Å². The molecule has 2 heterocycles. The quantitative estimate of drug-likeness (QED) is 0.248. The maximum Gasteiger partial charge on any atom is 0.317 e. The van der Waals surface area contributed by atoms with E-state index in [9.17, 15) is 19.5 Å². The molecule has 2 aliphatic rings. The van der Waals surface area contributed by atoms with Crippen LogP contribution in [-0.2, 0) is 20.9 Å². The van der Waals surface area contributed by atoms with Gasteiger partial charge < -0.3 is 21.1 Å². The lowest BCUT2D eigenvalue weighted by atomic mass is 9.84. The number of nitrogens with one attached hydrogen (secondary N) is 3. The second-order valence-electron chi connectivity index (χ2n) is 10.6. The van der Waals surface area contributed by atoms with Crippen molar-refractivity contribution in [3.8, 4) is 0 Å². The van der Waals surface area contributed by atoms with Gasteiger partial charge in [-0.15, -0.1) is 0 Å². The van der Waals surface area contributed by atoms with Crippen LogP contribution in [0.15, 0.2) is 18.3 Å². The lowest BCUT2D eigenvalue weighted by molar-refractivity contribution is -0.141. The van der Waals surface area contributed by atoms with E-state index in [1.165, 1.54) is 6.42 Å². The fraction of sp³-hybridized carbons (Fsp3) is 0.640. The van der Waals surface area contributed by atoms with Gasteiger partial charge in [0, 0.05) is 19.3 Å². The fourth-order valence-electron chi connectivity index (χ4n) is 5.17. The molecule has 3 rings (SSSR count). The van der Waals surface area contributed by atoms with Gasteiger partial charge in [0.25, 0.3) is 0 Å². The highest BCUT2D eigenvalue weighted by atomic mass is 16.4. The summed E-state index contributed by atoms with van der Waals surface area (Å²) >= 11 is 0. The second-order valence-corrected chi connectivity index (χ2v) is 10.6. The summed E-state index contributed by atoms with van der Waals surface area (Å²) in [5.41, 5.74) is 6.33. The molecule has 1 aliphatic heterocycles. The van der Waals surface area contributed by atoms with E-state index in [2.05, 4.69) is 15.6 Å². The van der Waals surface area contributed by atoms with Crippen LogP contribution in [0.25, 0.3) is 0 Å². The molecule has 0 unspecified atom stereocenters. The largest absolute Gasteiger partial charge is 0.480 e. The number of carboxylic acids is 1. The number of carboxylic acid groups (broad SMARTS) is 1. The lowest BCUT2D eigenvalue weighted by Crippen LogP contribution is -2.53. The van der Waals surface area contributed by atoms with Gasteiger partial charge in [-0.25, -0.2) is 0 Å². The molecule has 2 atom stereocenters. The van der Waals surface area contributed by atoms with Crippen molar-refractivity contribution in [1.29, 1.82) is 5.41 Å². The topological polar surface area (TPSA) is 161 Å². The molecule has 1 saturated heterocycles. The van der Waals surface area contributed by atoms with Crippen LogP contribution in [0.2, 0.25) is 0 Å². The van der Waals surface area contributed by atoms with Crippen molar-refractivity contribution in [2.75, 3.05) is 13.1 Å². The summed E-state index contributed by atoms with van der Waals surface area (Å²) in [5.74, 6) is -1.19. The lowest BCUT2D eigenvalue weighted by Gasteiger charge is -2.31. The number of pyridine rings is 1. The zero-order valence-electron chi connectivity index (χ0n) is 20.7. The predicted octanol–water partition coefficient (Wildman–Crippen LogP) is 1.62. The Balaban J connectivity index is 1.69. The molecule has 2 fully saturated rings. The summed E-state index contributed by atoms with van der Waals surface area (Å²) in [5, 5.41) is 22.5. The van der Waals surface area contributed by atoms with Crippen molar-refractivity contribution in [3.63, 3.8) is 0 Å². The minimum atomic E-state index is -1.01. The van der Waals surface area contributed by atoms with Crippen LogP contribution in [0, 0.1) is 16.7 Å². The molecule has 35 heavy (non-hydrogen) atoms. The number of amidine groups is 1. The van der Waals surface area contributed by atoms with E-state index in [4.69, 9.17) is 11.1 Å². The third-order valence-electron chi connectivity index (χ3n) is 6.97. The highest BCUT2D eigenvalue weighted by molar-refractivity contribution is 5.93. The van der Waals surface area contributed by atoms with Crippen molar-refractivity contribution in [3.05, 3.63) is 29.6 Å². The summed E-state index contributed by atoms with van der Waals surface area (Å²) in [6.07, 6.45) is 8.24. The first-order valence-electron chi connectivity index (χ1n) is 12.4. The minimum Gasteiger partial charge on any atom is -0.480 e. The van der Waals surface area contributed by atoms with E-state index in [1.54, 1.807) is 23.2 Å². The number of likely N-dealkylation sites (tertiary alicyclic amines) is 1. The molecule has 0 aromatic carbocycles. The maximum atomic E-state index is 13.7. The number of aromatic nitrogens is 1. The van der Waals surface area contributed by atoms with Gasteiger partial charge in [0.05, 0.1) is 12.6 Å². The normalized spacial score (nSPS) is 20.9. The van der Waals surface area contributed by atoms with E-state index >= 15 is 0 Å². The van der Waals surface area contributed by atoms with E-state index in [0.29, 0.717) is 31.0 Å².